The Kier molecular flexibility index (Phi) is 6.08. The lowest BCUT2D eigenvalue weighted by Crippen LogP contribution is -2.41. The second kappa shape index (κ2) is 9.26. The van der Waals surface area contributed by atoms with Gasteiger partial charge in [-0.15, -0.1) is 0 Å². The van der Waals surface area contributed by atoms with Crippen molar-refractivity contribution in [1.82, 2.24) is 0 Å². The van der Waals surface area contributed by atoms with Gasteiger partial charge in [-0.3, -0.25) is 4.79 Å². The van der Waals surface area contributed by atoms with E-state index in [0.29, 0.717) is 0 Å². The molecule has 0 saturated carbocycles. The highest BCUT2D eigenvalue weighted by atomic mass is 16.5. The van der Waals surface area contributed by atoms with Crippen LogP contribution < -0.4 is 4.90 Å². The predicted molar refractivity (Wildman–Crippen MR) is 122 cm³/mol. The van der Waals surface area contributed by atoms with Gasteiger partial charge < -0.3 is 9.64 Å². The maximum Gasteiger partial charge on any atom is 0.330 e. The Morgan fingerprint density at radius 3 is 2.06 bits per heavy atom. The summed E-state index contributed by atoms with van der Waals surface area (Å²) in [6.07, 6.45) is 4.95. The number of ether oxygens (including phenoxy) is 1. The summed E-state index contributed by atoms with van der Waals surface area (Å²) in [6, 6.07) is 29.0. The highest BCUT2D eigenvalue weighted by Gasteiger charge is 2.38. The van der Waals surface area contributed by atoms with Gasteiger partial charge in [0.2, 0.25) is 0 Å². The zero-order chi connectivity index (χ0) is 21.6. The summed E-state index contributed by atoms with van der Waals surface area (Å²) in [4.78, 5) is 27.2. The zero-order valence-corrected chi connectivity index (χ0v) is 17.2. The third-order valence-electron chi connectivity index (χ3n) is 5.42. The van der Waals surface area contributed by atoms with Gasteiger partial charge >= 0.3 is 5.97 Å². The van der Waals surface area contributed by atoms with Crippen molar-refractivity contribution in [3.05, 3.63) is 120 Å². The van der Waals surface area contributed by atoms with Crippen LogP contribution in [0.25, 0.3) is 5.57 Å². The Labute approximate surface area is 182 Å². The van der Waals surface area contributed by atoms with Gasteiger partial charge in [0.25, 0.3) is 5.91 Å². The van der Waals surface area contributed by atoms with Gasteiger partial charge in [-0.1, -0.05) is 84.9 Å². The lowest BCUT2D eigenvalue weighted by Gasteiger charge is -2.40. The summed E-state index contributed by atoms with van der Waals surface area (Å²) in [5, 5.41) is 0. The summed E-state index contributed by atoms with van der Waals surface area (Å²) in [5.41, 5.74) is 3.61. The molecule has 4 nitrogen and oxygen atoms in total. The minimum Gasteiger partial charge on any atom is -0.466 e. The van der Waals surface area contributed by atoms with Crippen molar-refractivity contribution in [3.63, 3.8) is 0 Å². The van der Waals surface area contributed by atoms with Crippen LogP contribution in [0.15, 0.2) is 109 Å². The first-order valence-corrected chi connectivity index (χ1v) is 10.2. The maximum atomic E-state index is 13.4. The molecule has 0 spiro atoms. The van der Waals surface area contributed by atoms with Gasteiger partial charge in [0, 0.05) is 23.8 Å². The minimum atomic E-state index is -0.428. The Bertz CT molecular complexity index is 1100. The van der Waals surface area contributed by atoms with E-state index >= 15 is 0 Å². The van der Waals surface area contributed by atoms with E-state index < -0.39 is 5.97 Å². The molecule has 154 valence electrons. The fourth-order valence-electron chi connectivity index (χ4n) is 4.02. The molecule has 0 radical (unpaired) electrons. The summed E-state index contributed by atoms with van der Waals surface area (Å²) < 4.78 is 4.83. The summed E-state index contributed by atoms with van der Waals surface area (Å²) >= 11 is 0. The number of anilines is 1. The Morgan fingerprint density at radius 2 is 1.45 bits per heavy atom. The molecule has 0 unspecified atom stereocenters. The fraction of sp³-hybridized carbons (Fsp3) is 0.111. The summed E-state index contributed by atoms with van der Waals surface area (Å²) in [5.74, 6) is -0.772. The lowest BCUT2D eigenvalue weighted by atomic mass is 9.79. The van der Waals surface area contributed by atoms with E-state index in [0.717, 1.165) is 22.4 Å². The molecule has 4 rings (SSSR count). The summed E-state index contributed by atoms with van der Waals surface area (Å²) in [6.45, 7) is 0. The first-order valence-electron chi connectivity index (χ1n) is 10.2. The number of carbonyl (C=O) groups is 2. The molecule has 1 aliphatic rings. The summed E-state index contributed by atoms with van der Waals surface area (Å²) in [7, 11) is 1.36. The number of rotatable bonds is 5. The number of benzene rings is 3. The van der Waals surface area contributed by atoms with Crippen molar-refractivity contribution < 1.29 is 14.3 Å². The van der Waals surface area contributed by atoms with Crippen LogP contribution in [0.3, 0.4) is 0 Å². The lowest BCUT2D eigenvalue weighted by molar-refractivity contribution is -0.134. The van der Waals surface area contributed by atoms with Crippen molar-refractivity contribution in [2.75, 3.05) is 12.0 Å². The van der Waals surface area contributed by atoms with E-state index in [9.17, 15) is 9.59 Å². The van der Waals surface area contributed by atoms with E-state index in [1.54, 1.807) is 11.0 Å². The predicted octanol–water partition coefficient (Wildman–Crippen LogP) is 5.20. The highest BCUT2D eigenvalue weighted by molar-refractivity contribution is 6.09. The second-order valence-electron chi connectivity index (χ2n) is 7.27. The average Bonchev–Trinajstić information content (AvgIpc) is 2.84. The van der Waals surface area contributed by atoms with Crippen molar-refractivity contribution in [2.45, 2.75) is 6.04 Å². The highest BCUT2D eigenvalue weighted by Crippen LogP contribution is 2.44. The van der Waals surface area contributed by atoms with Crippen LogP contribution >= 0.6 is 0 Å². The van der Waals surface area contributed by atoms with E-state index in [1.807, 2.05) is 97.1 Å². The average molecular weight is 409 g/mol. The molecule has 0 N–H and O–H groups in total. The Morgan fingerprint density at radius 1 is 0.871 bits per heavy atom. The van der Waals surface area contributed by atoms with Crippen LogP contribution in [0, 0.1) is 5.92 Å². The largest absolute Gasteiger partial charge is 0.466 e. The smallest absolute Gasteiger partial charge is 0.330 e. The number of esters is 1. The number of carbonyl (C=O) groups excluding carboxylic acids is 2. The third-order valence-corrected chi connectivity index (χ3v) is 5.42. The molecule has 1 heterocycles. The first kappa shape index (κ1) is 20.4. The Balaban J connectivity index is 1.92. The van der Waals surface area contributed by atoms with Gasteiger partial charge in [0.05, 0.1) is 13.2 Å². The number of nitrogens with zero attached hydrogens (tertiary/aromatic N) is 1. The molecule has 0 saturated heterocycles. The van der Waals surface area contributed by atoms with Crippen LogP contribution in [0.1, 0.15) is 17.2 Å². The molecule has 1 aliphatic heterocycles. The molecule has 1 amide bonds. The molecule has 3 aromatic rings. The van der Waals surface area contributed by atoms with E-state index in [4.69, 9.17) is 4.74 Å². The van der Waals surface area contributed by atoms with Crippen molar-refractivity contribution in [2.24, 2.45) is 5.92 Å². The van der Waals surface area contributed by atoms with Crippen molar-refractivity contribution >= 4 is 23.1 Å². The molecule has 0 aromatic heterocycles. The van der Waals surface area contributed by atoms with Gasteiger partial charge in [0.15, 0.2) is 0 Å². The minimum absolute atomic E-state index is 0.0957. The zero-order valence-electron chi connectivity index (χ0n) is 17.2. The van der Waals surface area contributed by atoms with Crippen molar-refractivity contribution in [3.8, 4) is 0 Å². The first-order chi connectivity index (χ1) is 15.2. The number of para-hydroxylation sites is 1. The standard InChI is InChI=1S/C27H23NO3/c1-31-26(30)18-17-23-24(20-11-5-2-6-12-20)19-25(29)28(22-15-9-4-10-16-22)27(23)21-13-7-3-8-14-21/h2-19,23,27H,1H3/b18-17-/t23-,27+/m0/s1. The van der Waals surface area contributed by atoms with Crippen molar-refractivity contribution in [1.29, 1.82) is 0 Å². The third kappa shape index (κ3) is 4.33. The van der Waals surface area contributed by atoms with Crippen LogP contribution in [-0.4, -0.2) is 19.0 Å². The van der Waals surface area contributed by atoms with E-state index in [1.165, 1.54) is 13.2 Å². The molecule has 3 aromatic carbocycles. The fourth-order valence-corrected chi connectivity index (χ4v) is 4.02. The van der Waals surface area contributed by atoms with Crippen LogP contribution in [0.2, 0.25) is 0 Å². The van der Waals surface area contributed by atoms with Gasteiger partial charge in [-0.05, 0) is 28.8 Å². The topological polar surface area (TPSA) is 46.6 Å². The maximum absolute atomic E-state index is 13.4. The van der Waals surface area contributed by atoms with Crippen LogP contribution in [0.5, 0.6) is 0 Å². The van der Waals surface area contributed by atoms with Gasteiger partial charge in [0.1, 0.15) is 0 Å². The van der Waals surface area contributed by atoms with Gasteiger partial charge in [-0.25, -0.2) is 4.79 Å². The molecule has 0 bridgehead atoms. The van der Waals surface area contributed by atoms with Crippen LogP contribution in [-0.2, 0) is 14.3 Å². The number of hydrogen-bond donors (Lipinski definition) is 0. The van der Waals surface area contributed by atoms with E-state index in [2.05, 4.69) is 0 Å². The second-order valence-corrected chi connectivity index (χ2v) is 7.27. The molecule has 0 fully saturated rings. The number of amides is 1. The van der Waals surface area contributed by atoms with Gasteiger partial charge in [-0.2, -0.15) is 0 Å². The molecule has 0 aliphatic carbocycles. The molecular weight excluding hydrogens is 386 g/mol. The number of hydrogen-bond acceptors (Lipinski definition) is 3. The normalized spacial score (nSPS) is 18.7. The van der Waals surface area contributed by atoms with Crippen LogP contribution in [0.4, 0.5) is 5.69 Å². The molecule has 2 atom stereocenters. The molecule has 4 heteroatoms. The Hall–Kier alpha value is -3.92. The molecule has 31 heavy (non-hydrogen) atoms. The van der Waals surface area contributed by atoms with E-state index in [-0.39, 0.29) is 17.9 Å². The monoisotopic (exact) mass is 409 g/mol. The SMILES string of the molecule is COC(=O)/C=C\[C@H]1C(c2ccccc2)=CC(=O)N(c2ccccc2)[C@@H]1c1ccccc1. The quantitative estimate of drug-likeness (QED) is 0.430. The number of methoxy groups -OCH3 is 1. The molecular formula is C27H23NO3.